The van der Waals surface area contributed by atoms with Crippen molar-refractivity contribution in [1.82, 2.24) is 4.90 Å². The Hall–Kier alpha value is -2.60. The third kappa shape index (κ3) is 5.19. The van der Waals surface area contributed by atoms with Gasteiger partial charge in [-0.2, -0.15) is 0 Å². The molecule has 0 saturated carbocycles. The molecule has 0 unspecified atom stereocenters. The molecule has 0 atom stereocenters. The molecule has 2 aromatic rings. The largest absolute Gasteiger partial charge is 0.465 e. The van der Waals surface area contributed by atoms with E-state index in [2.05, 4.69) is 12.2 Å². The number of hydrogen-bond donors (Lipinski definition) is 1. The number of methoxy groups -OCH3 is 1. The van der Waals surface area contributed by atoms with Crippen LogP contribution in [0.2, 0.25) is 0 Å². The Morgan fingerprint density at radius 3 is 2.72 bits per heavy atom. The molecule has 1 aromatic carbocycles. The van der Waals surface area contributed by atoms with Crippen LogP contribution in [0, 0.1) is 6.92 Å². The van der Waals surface area contributed by atoms with Crippen molar-refractivity contribution in [3.05, 3.63) is 53.0 Å². The highest BCUT2D eigenvalue weighted by atomic mass is 16.5. The van der Waals surface area contributed by atoms with Gasteiger partial charge in [0.1, 0.15) is 17.1 Å². The first-order valence-corrected chi connectivity index (χ1v) is 8.18. The third-order valence-electron chi connectivity index (χ3n) is 3.83. The molecule has 25 heavy (non-hydrogen) atoms. The van der Waals surface area contributed by atoms with E-state index < -0.39 is 5.97 Å². The molecule has 0 spiro atoms. The molecular weight excluding hydrogens is 320 g/mol. The molecule has 6 heteroatoms. The Morgan fingerprint density at radius 2 is 2.04 bits per heavy atom. The fraction of sp³-hybridized carbons (Fsp3) is 0.368. The van der Waals surface area contributed by atoms with E-state index in [9.17, 15) is 9.59 Å². The number of nitrogens with zero attached hydrogens (tertiary/aromatic N) is 1. The molecule has 134 valence electrons. The van der Waals surface area contributed by atoms with E-state index in [0.29, 0.717) is 23.6 Å². The van der Waals surface area contributed by atoms with Crippen LogP contribution in [-0.2, 0) is 22.5 Å². The summed E-state index contributed by atoms with van der Waals surface area (Å²) in [6.07, 6.45) is 0.921. The van der Waals surface area contributed by atoms with E-state index in [4.69, 9.17) is 9.15 Å². The smallest absolute Gasteiger partial charge is 0.341 e. The van der Waals surface area contributed by atoms with Crippen molar-refractivity contribution in [2.24, 2.45) is 0 Å². The van der Waals surface area contributed by atoms with Gasteiger partial charge in [0.2, 0.25) is 5.91 Å². The molecule has 1 N–H and O–H groups in total. The minimum Gasteiger partial charge on any atom is -0.465 e. The van der Waals surface area contributed by atoms with Crippen LogP contribution in [0.5, 0.6) is 0 Å². The maximum atomic E-state index is 12.2. The summed E-state index contributed by atoms with van der Waals surface area (Å²) in [6.45, 7) is 4.41. The number of amides is 1. The Labute approximate surface area is 147 Å². The Kier molecular flexibility index (Phi) is 6.36. The van der Waals surface area contributed by atoms with Crippen molar-refractivity contribution in [3.63, 3.8) is 0 Å². The van der Waals surface area contributed by atoms with Gasteiger partial charge in [0.15, 0.2) is 0 Å². The fourth-order valence-corrected chi connectivity index (χ4v) is 2.57. The van der Waals surface area contributed by atoms with Crippen molar-refractivity contribution in [2.45, 2.75) is 26.8 Å². The van der Waals surface area contributed by atoms with Crippen LogP contribution in [0.25, 0.3) is 0 Å². The first kappa shape index (κ1) is 18.7. The molecule has 0 fully saturated rings. The van der Waals surface area contributed by atoms with Crippen LogP contribution in [0.1, 0.15) is 34.4 Å². The van der Waals surface area contributed by atoms with Crippen molar-refractivity contribution < 1.29 is 18.7 Å². The molecular formula is C19H24N2O4. The molecule has 0 saturated heterocycles. The minimum absolute atomic E-state index is 0.104. The Bertz CT molecular complexity index is 752. The van der Waals surface area contributed by atoms with E-state index in [1.54, 1.807) is 13.0 Å². The van der Waals surface area contributed by atoms with Gasteiger partial charge >= 0.3 is 5.97 Å². The molecule has 1 aromatic heterocycles. The highest BCUT2D eigenvalue weighted by Crippen LogP contribution is 2.17. The van der Waals surface area contributed by atoms with Gasteiger partial charge in [0, 0.05) is 5.69 Å². The number of carbonyl (C=O) groups is 2. The van der Waals surface area contributed by atoms with Crippen LogP contribution in [0.3, 0.4) is 0 Å². The summed E-state index contributed by atoms with van der Waals surface area (Å²) in [5.41, 5.74) is 2.37. The number of esters is 1. The number of rotatable bonds is 7. The van der Waals surface area contributed by atoms with Gasteiger partial charge in [-0.1, -0.05) is 19.1 Å². The van der Waals surface area contributed by atoms with Crippen LogP contribution in [-0.4, -0.2) is 37.5 Å². The molecule has 1 amide bonds. The second-order valence-electron chi connectivity index (χ2n) is 5.95. The van der Waals surface area contributed by atoms with Gasteiger partial charge < -0.3 is 14.5 Å². The lowest BCUT2D eigenvalue weighted by Gasteiger charge is -2.15. The zero-order valence-electron chi connectivity index (χ0n) is 15.1. The summed E-state index contributed by atoms with van der Waals surface area (Å²) in [4.78, 5) is 25.6. The van der Waals surface area contributed by atoms with Gasteiger partial charge in [-0.15, -0.1) is 0 Å². The summed E-state index contributed by atoms with van der Waals surface area (Å²) in [5, 5.41) is 2.89. The standard InChI is InChI=1S/C19H24N2O4/c1-5-14-7-6-8-15(9-14)20-18(22)12-21(3)11-16-10-17(13(2)25-16)19(23)24-4/h6-10H,5,11-12H2,1-4H3,(H,20,22). The molecule has 0 aliphatic rings. The van der Waals surface area contributed by atoms with Gasteiger partial charge in [-0.3, -0.25) is 9.69 Å². The molecule has 0 bridgehead atoms. The summed E-state index contributed by atoms with van der Waals surface area (Å²) in [6, 6.07) is 9.45. The van der Waals surface area contributed by atoms with Crippen LogP contribution >= 0.6 is 0 Å². The number of furan rings is 1. The first-order valence-electron chi connectivity index (χ1n) is 8.18. The van der Waals surface area contributed by atoms with E-state index in [1.807, 2.05) is 36.2 Å². The van der Waals surface area contributed by atoms with E-state index >= 15 is 0 Å². The normalized spacial score (nSPS) is 10.8. The Balaban J connectivity index is 1.92. The summed E-state index contributed by atoms with van der Waals surface area (Å²) < 4.78 is 10.3. The predicted molar refractivity (Wildman–Crippen MR) is 95.6 cm³/mol. The highest BCUT2D eigenvalue weighted by molar-refractivity contribution is 5.92. The maximum absolute atomic E-state index is 12.2. The van der Waals surface area contributed by atoms with Crippen molar-refractivity contribution >= 4 is 17.6 Å². The third-order valence-corrected chi connectivity index (χ3v) is 3.83. The predicted octanol–water partition coefficient (Wildman–Crippen LogP) is 3.01. The summed E-state index contributed by atoms with van der Waals surface area (Å²) in [7, 11) is 3.15. The quantitative estimate of drug-likeness (QED) is 0.782. The highest BCUT2D eigenvalue weighted by Gasteiger charge is 2.17. The summed E-state index contributed by atoms with van der Waals surface area (Å²) >= 11 is 0. The first-order chi connectivity index (χ1) is 11.9. The zero-order valence-corrected chi connectivity index (χ0v) is 15.1. The average molecular weight is 344 g/mol. The zero-order chi connectivity index (χ0) is 18.4. The number of nitrogens with one attached hydrogen (secondary N) is 1. The topological polar surface area (TPSA) is 71.8 Å². The molecule has 1 heterocycles. The van der Waals surface area contributed by atoms with Gasteiger partial charge in [0.05, 0.1) is 20.2 Å². The van der Waals surface area contributed by atoms with Crippen LogP contribution in [0.4, 0.5) is 5.69 Å². The van der Waals surface area contributed by atoms with Gasteiger partial charge in [-0.25, -0.2) is 4.79 Å². The molecule has 2 rings (SSSR count). The second kappa shape index (κ2) is 8.48. The van der Waals surface area contributed by atoms with E-state index in [1.165, 1.54) is 12.7 Å². The molecule has 0 aliphatic heterocycles. The van der Waals surface area contributed by atoms with E-state index in [-0.39, 0.29) is 12.5 Å². The molecule has 0 aliphatic carbocycles. The van der Waals surface area contributed by atoms with Crippen molar-refractivity contribution in [3.8, 4) is 0 Å². The maximum Gasteiger partial charge on any atom is 0.341 e. The number of ether oxygens (including phenoxy) is 1. The monoisotopic (exact) mass is 344 g/mol. The fourth-order valence-electron chi connectivity index (χ4n) is 2.57. The van der Waals surface area contributed by atoms with Crippen LogP contribution < -0.4 is 5.32 Å². The SMILES string of the molecule is CCc1cccc(NC(=O)CN(C)Cc2cc(C(=O)OC)c(C)o2)c1. The average Bonchev–Trinajstić information content (AvgIpc) is 2.94. The van der Waals surface area contributed by atoms with Gasteiger partial charge in [0.25, 0.3) is 0 Å². The lowest BCUT2D eigenvalue weighted by molar-refractivity contribution is -0.117. The number of carbonyl (C=O) groups excluding carboxylic acids is 2. The molecule has 6 nitrogen and oxygen atoms in total. The lowest BCUT2D eigenvalue weighted by Crippen LogP contribution is -2.29. The Morgan fingerprint density at radius 1 is 1.28 bits per heavy atom. The number of likely N-dealkylation sites (N-methyl/N-ethyl adjacent to an activating group) is 1. The number of hydrogen-bond acceptors (Lipinski definition) is 5. The van der Waals surface area contributed by atoms with Crippen molar-refractivity contribution in [1.29, 1.82) is 0 Å². The van der Waals surface area contributed by atoms with E-state index in [0.717, 1.165) is 12.1 Å². The number of anilines is 1. The van der Waals surface area contributed by atoms with Crippen molar-refractivity contribution in [2.75, 3.05) is 26.0 Å². The number of aryl methyl sites for hydroxylation is 2. The molecule has 0 radical (unpaired) electrons. The summed E-state index contributed by atoms with van der Waals surface area (Å²) in [5.74, 6) is 0.591. The lowest BCUT2D eigenvalue weighted by atomic mass is 10.1. The van der Waals surface area contributed by atoms with Crippen LogP contribution in [0.15, 0.2) is 34.7 Å². The van der Waals surface area contributed by atoms with Gasteiger partial charge in [-0.05, 0) is 44.2 Å². The minimum atomic E-state index is -0.427. The number of benzene rings is 1. The second-order valence-corrected chi connectivity index (χ2v) is 5.95.